The van der Waals surface area contributed by atoms with Gasteiger partial charge in [0.05, 0.1) is 0 Å². The predicted molar refractivity (Wildman–Crippen MR) is 92.9 cm³/mol. The van der Waals surface area contributed by atoms with Gasteiger partial charge in [-0.05, 0) is 57.7 Å². The third-order valence-electron chi connectivity index (χ3n) is 4.69. The fourth-order valence-corrected chi connectivity index (χ4v) is 3.90. The van der Waals surface area contributed by atoms with Gasteiger partial charge in [-0.25, -0.2) is 4.79 Å². The molecule has 1 aliphatic heterocycles. The molecule has 0 aromatic heterocycles. The summed E-state index contributed by atoms with van der Waals surface area (Å²) in [7, 11) is 0. The first-order valence-corrected chi connectivity index (χ1v) is 8.70. The summed E-state index contributed by atoms with van der Waals surface area (Å²) >= 11 is 6.06. The molecule has 1 saturated heterocycles. The first-order chi connectivity index (χ1) is 10.8. The molecule has 23 heavy (non-hydrogen) atoms. The van der Waals surface area contributed by atoms with E-state index in [1.165, 1.54) is 0 Å². The molecule has 126 valence electrons. The van der Waals surface area contributed by atoms with Crippen molar-refractivity contribution in [2.24, 2.45) is 11.8 Å². The highest BCUT2D eigenvalue weighted by Gasteiger charge is 2.44. The van der Waals surface area contributed by atoms with Crippen molar-refractivity contribution in [2.75, 3.05) is 18.4 Å². The number of carbonyl (C=O) groups excluding carboxylic acids is 1. The third kappa shape index (κ3) is 3.92. The number of fused-ring (bicyclic) bond motifs is 1. The van der Waals surface area contributed by atoms with Gasteiger partial charge >= 0.3 is 6.09 Å². The lowest BCUT2D eigenvalue weighted by Gasteiger charge is -2.26. The summed E-state index contributed by atoms with van der Waals surface area (Å²) in [6, 6.07) is 8.23. The lowest BCUT2D eigenvalue weighted by atomic mass is 9.97. The number of hydrogen-bond acceptors (Lipinski definition) is 3. The van der Waals surface area contributed by atoms with Crippen molar-refractivity contribution in [1.29, 1.82) is 0 Å². The van der Waals surface area contributed by atoms with Crippen LogP contribution in [0.1, 0.15) is 33.6 Å². The summed E-state index contributed by atoms with van der Waals surface area (Å²) in [4.78, 5) is 14.1. The Morgan fingerprint density at radius 3 is 2.78 bits per heavy atom. The zero-order chi connectivity index (χ0) is 16.6. The molecule has 1 saturated carbocycles. The Labute approximate surface area is 143 Å². The minimum absolute atomic E-state index is 0.187. The Balaban J connectivity index is 1.61. The molecule has 3 rings (SSSR count). The molecule has 1 amide bonds. The molecule has 1 N–H and O–H groups in total. The first kappa shape index (κ1) is 16.4. The van der Waals surface area contributed by atoms with E-state index in [0.29, 0.717) is 17.9 Å². The van der Waals surface area contributed by atoms with Gasteiger partial charge in [0, 0.05) is 35.8 Å². The number of halogens is 1. The summed E-state index contributed by atoms with van der Waals surface area (Å²) in [5.41, 5.74) is 0.617. The van der Waals surface area contributed by atoms with Crippen LogP contribution in [0.15, 0.2) is 24.3 Å². The summed E-state index contributed by atoms with van der Waals surface area (Å²) in [5.74, 6) is 1.06. The van der Waals surface area contributed by atoms with E-state index in [1.807, 2.05) is 49.9 Å². The number of ether oxygens (including phenoxy) is 1. The van der Waals surface area contributed by atoms with Crippen molar-refractivity contribution in [3.05, 3.63) is 29.3 Å². The van der Waals surface area contributed by atoms with E-state index in [2.05, 4.69) is 5.32 Å². The Bertz CT molecular complexity index is 585. The molecule has 2 fully saturated rings. The monoisotopic (exact) mass is 336 g/mol. The smallest absolute Gasteiger partial charge is 0.410 e. The molecule has 0 unspecified atom stereocenters. The summed E-state index contributed by atoms with van der Waals surface area (Å²) in [6.45, 7) is 7.31. The minimum atomic E-state index is -0.437. The van der Waals surface area contributed by atoms with Crippen LogP contribution in [-0.4, -0.2) is 35.7 Å². The number of likely N-dealkylation sites (tertiary alicyclic amines) is 1. The predicted octanol–water partition coefficient (Wildman–Crippen LogP) is 4.40. The van der Waals surface area contributed by atoms with Crippen molar-refractivity contribution < 1.29 is 9.53 Å². The van der Waals surface area contributed by atoms with Crippen molar-refractivity contribution in [3.63, 3.8) is 0 Å². The van der Waals surface area contributed by atoms with Gasteiger partial charge in [-0.15, -0.1) is 0 Å². The number of nitrogens with zero attached hydrogens (tertiary/aromatic N) is 1. The number of anilines is 1. The SMILES string of the molecule is CC(C)(C)OC(=O)N1C[C@@H]2CC[C@@H](Nc3cccc(Cl)c3)[C@@H]2C1. The summed E-state index contributed by atoms with van der Waals surface area (Å²) < 4.78 is 5.51. The maximum Gasteiger partial charge on any atom is 0.410 e. The minimum Gasteiger partial charge on any atom is -0.444 e. The fourth-order valence-electron chi connectivity index (χ4n) is 3.71. The molecule has 0 spiro atoms. The third-order valence-corrected chi connectivity index (χ3v) is 4.92. The zero-order valence-corrected chi connectivity index (χ0v) is 14.8. The second kappa shape index (κ2) is 6.23. The Hall–Kier alpha value is -1.42. The molecule has 0 bridgehead atoms. The molecular weight excluding hydrogens is 312 g/mol. The van der Waals surface area contributed by atoms with Gasteiger partial charge in [0.2, 0.25) is 0 Å². The van der Waals surface area contributed by atoms with Crippen molar-refractivity contribution >= 4 is 23.4 Å². The van der Waals surface area contributed by atoms with Gasteiger partial charge in [0.25, 0.3) is 0 Å². The second-order valence-corrected chi connectivity index (χ2v) is 8.08. The fraction of sp³-hybridized carbons (Fsp3) is 0.611. The lowest BCUT2D eigenvalue weighted by molar-refractivity contribution is 0.0280. The highest BCUT2D eigenvalue weighted by molar-refractivity contribution is 6.30. The molecule has 1 heterocycles. The molecular formula is C18H25ClN2O2. The quantitative estimate of drug-likeness (QED) is 0.870. The van der Waals surface area contributed by atoms with Crippen LogP contribution in [-0.2, 0) is 4.74 Å². The number of benzene rings is 1. The van der Waals surface area contributed by atoms with Crippen molar-refractivity contribution in [3.8, 4) is 0 Å². The maximum atomic E-state index is 12.3. The highest BCUT2D eigenvalue weighted by Crippen LogP contribution is 2.40. The van der Waals surface area contributed by atoms with Gasteiger partial charge in [-0.3, -0.25) is 0 Å². The molecule has 1 aliphatic carbocycles. The van der Waals surface area contributed by atoms with E-state index in [9.17, 15) is 4.79 Å². The van der Waals surface area contributed by atoms with E-state index in [0.717, 1.165) is 36.6 Å². The van der Waals surface area contributed by atoms with Crippen LogP contribution in [0.4, 0.5) is 10.5 Å². The average Bonchev–Trinajstić information content (AvgIpc) is 2.99. The van der Waals surface area contributed by atoms with E-state index >= 15 is 0 Å². The molecule has 5 heteroatoms. The zero-order valence-electron chi connectivity index (χ0n) is 14.0. The van der Waals surface area contributed by atoms with Crippen LogP contribution in [0.3, 0.4) is 0 Å². The molecule has 1 aromatic carbocycles. The van der Waals surface area contributed by atoms with Crippen LogP contribution >= 0.6 is 11.6 Å². The molecule has 3 atom stereocenters. The highest BCUT2D eigenvalue weighted by atomic mass is 35.5. The Morgan fingerprint density at radius 1 is 1.30 bits per heavy atom. The van der Waals surface area contributed by atoms with Crippen LogP contribution in [0.2, 0.25) is 5.02 Å². The van der Waals surface area contributed by atoms with Crippen molar-refractivity contribution in [2.45, 2.75) is 45.3 Å². The number of rotatable bonds is 2. The van der Waals surface area contributed by atoms with E-state index < -0.39 is 5.60 Å². The van der Waals surface area contributed by atoms with Gasteiger partial charge in [0.15, 0.2) is 0 Å². The van der Waals surface area contributed by atoms with Crippen molar-refractivity contribution in [1.82, 2.24) is 4.90 Å². The van der Waals surface area contributed by atoms with Gasteiger partial charge in [-0.2, -0.15) is 0 Å². The number of amides is 1. The van der Waals surface area contributed by atoms with Crippen LogP contribution in [0.5, 0.6) is 0 Å². The number of nitrogens with one attached hydrogen (secondary N) is 1. The van der Waals surface area contributed by atoms with Gasteiger partial charge in [0.1, 0.15) is 5.60 Å². The van der Waals surface area contributed by atoms with Crippen LogP contribution in [0, 0.1) is 11.8 Å². The normalized spacial score (nSPS) is 27.0. The molecule has 0 radical (unpaired) electrons. The first-order valence-electron chi connectivity index (χ1n) is 8.32. The molecule has 1 aromatic rings. The largest absolute Gasteiger partial charge is 0.444 e. The average molecular weight is 337 g/mol. The topological polar surface area (TPSA) is 41.6 Å². The van der Waals surface area contributed by atoms with Crippen LogP contribution in [0.25, 0.3) is 0 Å². The van der Waals surface area contributed by atoms with Gasteiger partial charge < -0.3 is 15.0 Å². The van der Waals surface area contributed by atoms with E-state index in [1.54, 1.807) is 0 Å². The van der Waals surface area contributed by atoms with E-state index in [-0.39, 0.29) is 6.09 Å². The number of hydrogen-bond donors (Lipinski definition) is 1. The second-order valence-electron chi connectivity index (χ2n) is 7.65. The molecule has 2 aliphatic rings. The van der Waals surface area contributed by atoms with Crippen LogP contribution < -0.4 is 5.32 Å². The van der Waals surface area contributed by atoms with E-state index in [4.69, 9.17) is 16.3 Å². The molecule has 4 nitrogen and oxygen atoms in total. The number of carbonyl (C=O) groups is 1. The lowest BCUT2D eigenvalue weighted by Crippen LogP contribution is -2.37. The maximum absolute atomic E-state index is 12.3. The summed E-state index contributed by atoms with van der Waals surface area (Å²) in [5, 5.41) is 4.34. The summed E-state index contributed by atoms with van der Waals surface area (Å²) in [6.07, 6.45) is 2.11. The Morgan fingerprint density at radius 2 is 2.09 bits per heavy atom. The van der Waals surface area contributed by atoms with Gasteiger partial charge in [-0.1, -0.05) is 17.7 Å². The Kier molecular flexibility index (Phi) is 4.45. The standard InChI is InChI=1S/C18H25ClN2O2/c1-18(2,3)23-17(22)21-10-12-7-8-16(15(12)11-21)20-14-6-4-5-13(19)9-14/h4-6,9,12,15-16,20H,7-8,10-11H2,1-3H3/t12-,15+,16+/m0/s1.